The molecule has 0 atom stereocenters. The number of piperazine rings is 1. The van der Waals surface area contributed by atoms with Crippen LogP contribution in [0.25, 0.3) is 0 Å². The Labute approximate surface area is 112 Å². The third-order valence-electron chi connectivity index (χ3n) is 2.75. The molecule has 92 valence electrons. The van der Waals surface area contributed by atoms with Gasteiger partial charge in [0, 0.05) is 34.4 Å². The number of likely N-dealkylation sites (N-methyl/N-ethyl adjacent to an activating group) is 1. The number of amides is 2. The van der Waals surface area contributed by atoms with E-state index in [0.29, 0.717) is 26.2 Å². The van der Waals surface area contributed by atoms with Crippen LogP contribution in [0.3, 0.4) is 0 Å². The number of carbonyl (C=O) groups excluding carboxylic acids is 2. The number of nitrogens with zero attached hydrogens (tertiary/aromatic N) is 2. The molecule has 0 aromatic carbocycles. The summed E-state index contributed by atoms with van der Waals surface area (Å²) in [7, 11) is 0. The second-order valence-electron chi connectivity index (χ2n) is 3.84. The first-order valence-electron chi connectivity index (χ1n) is 5.43. The standard InChI is InChI=1S/C11H13BrN2O2S/c1-2-13-3-4-14(11(16)10(13)15)6-9-5-8(12)7-17-9/h5,7H,2-4,6H2,1H3. The summed E-state index contributed by atoms with van der Waals surface area (Å²) in [4.78, 5) is 27.8. The van der Waals surface area contributed by atoms with Gasteiger partial charge in [-0.3, -0.25) is 9.59 Å². The van der Waals surface area contributed by atoms with Crippen LogP contribution in [0.2, 0.25) is 0 Å². The van der Waals surface area contributed by atoms with Crippen molar-refractivity contribution in [1.82, 2.24) is 9.80 Å². The van der Waals surface area contributed by atoms with Crippen LogP contribution in [-0.4, -0.2) is 41.2 Å². The van der Waals surface area contributed by atoms with Gasteiger partial charge in [0.05, 0.1) is 6.54 Å². The Balaban J connectivity index is 2.04. The molecule has 0 unspecified atom stereocenters. The molecule has 6 heteroatoms. The van der Waals surface area contributed by atoms with E-state index in [1.54, 1.807) is 21.1 Å². The summed E-state index contributed by atoms with van der Waals surface area (Å²) < 4.78 is 1.02. The highest BCUT2D eigenvalue weighted by molar-refractivity contribution is 9.10. The lowest BCUT2D eigenvalue weighted by atomic mass is 10.3. The third-order valence-corrected chi connectivity index (χ3v) is 4.43. The first-order chi connectivity index (χ1) is 8.11. The van der Waals surface area contributed by atoms with Gasteiger partial charge in [-0.05, 0) is 28.9 Å². The largest absolute Gasteiger partial charge is 0.333 e. The maximum Gasteiger partial charge on any atom is 0.312 e. The van der Waals surface area contributed by atoms with E-state index in [-0.39, 0.29) is 11.8 Å². The lowest BCUT2D eigenvalue weighted by molar-refractivity contribution is -0.156. The lowest BCUT2D eigenvalue weighted by Gasteiger charge is -2.32. The fraction of sp³-hybridized carbons (Fsp3) is 0.455. The first kappa shape index (κ1) is 12.6. The molecule has 0 aliphatic carbocycles. The average Bonchev–Trinajstić information content (AvgIpc) is 2.71. The summed E-state index contributed by atoms with van der Waals surface area (Å²) in [6.45, 7) is 4.26. The number of hydrogen-bond donors (Lipinski definition) is 0. The van der Waals surface area contributed by atoms with Gasteiger partial charge in [0.25, 0.3) is 0 Å². The Morgan fingerprint density at radius 1 is 1.29 bits per heavy atom. The van der Waals surface area contributed by atoms with Gasteiger partial charge in [-0.25, -0.2) is 0 Å². The predicted octanol–water partition coefficient (Wildman–Crippen LogP) is 1.70. The van der Waals surface area contributed by atoms with Crippen molar-refractivity contribution in [2.45, 2.75) is 13.5 Å². The fourth-order valence-electron chi connectivity index (χ4n) is 1.79. The molecule has 0 bridgehead atoms. The van der Waals surface area contributed by atoms with Crippen LogP contribution in [-0.2, 0) is 16.1 Å². The van der Waals surface area contributed by atoms with E-state index in [2.05, 4.69) is 15.9 Å². The van der Waals surface area contributed by atoms with E-state index < -0.39 is 0 Å². The molecule has 17 heavy (non-hydrogen) atoms. The van der Waals surface area contributed by atoms with Gasteiger partial charge in [0.2, 0.25) is 0 Å². The van der Waals surface area contributed by atoms with E-state index in [9.17, 15) is 9.59 Å². The molecule has 1 aromatic rings. The van der Waals surface area contributed by atoms with Crippen molar-refractivity contribution in [3.05, 3.63) is 20.8 Å². The second kappa shape index (κ2) is 5.18. The molecule has 1 aromatic heterocycles. The zero-order valence-electron chi connectivity index (χ0n) is 9.48. The molecular weight excluding hydrogens is 304 g/mol. The predicted molar refractivity (Wildman–Crippen MR) is 69.7 cm³/mol. The minimum absolute atomic E-state index is 0.380. The minimum Gasteiger partial charge on any atom is -0.333 e. The van der Waals surface area contributed by atoms with Gasteiger partial charge in [-0.1, -0.05) is 0 Å². The van der Waals surface area contributed by atoms with Gasteiger partial charge >= 0.3 is 11.8 Å². The molecule has 1 saturated heterocycles. The number of carbonyl (C=O) groups is 2. The number of rotatable bonds is 3. The molecular formula is C11H13BrN2O2S. The summed E-state index contributed by atoms with van der Waals surface area (Å²) >= 11 is 4.96. The molecule has 2 heterocycles. The maximum absolute atomic E-state index is 11.8. The topological polar surface area (TPSA) is 40.6 Å². The first-order valence-corrected chi connectivity index (χ1v) is 7.10. The van der Waals surface area contributed by atoms with E-state index in [4.69, 9.17) is 0 Å². The molecule has 0 spiro atoms. The van der Waals surface area contributed by atoms with Crippen LogP contribution in [0, 0.1) is 0 Å². The summed E-state index contributed by atoms with van der Waals surface area (Å²) in [6.07, 6.45) is 0. The minimum atomic E-state index is -0.386. The highest BCUT2D eigenvalue weighted by atomic mass is 79.9. The second-order valence-corrected chi connectivity index (χ2v) is 5.75. The highest BCUT2D eigenvalue weighted by Crippen LogP contribution is 2.22. The van der Waals surface area contributed by atoms with Crippen molar-refractivity contribution in [3.63, 3.8) is 0 Å². The van der Waals surface area contributed by atoms with E-state index in [1.165, 1.54) is 0 Å². The van der Waals surface area contributed by atoms with Crippen LogP contribution in [0.4, 0.5) is 0 Å². The van der Waals surface area contributed by atoms with Crippen molar-refractivity contribution in [1.29, 1.82) is 0 Å². The van der Waals surface area contributed by atoms with Crippen molar-refractivity contribution in [3.8, 4) is 0 Å². The summed E-state index contributed by atoms with van der Waals surface area (Å²) in [6, 6.07) is 1.98. The fourth-order valence-corrected chi connectivity index (χ4v) is 3.26. The van der Waals surface area contributed by atoms with Gasteiger partial charge in [0.1, 0.15) is 0 Å². The molecule has 0 radical (unpaired) electrons. The van der Waals surface area contributed by atoms with Crippen LogP contribution in [0.15, 0.2) is 15.9 Å². The Bertz CT molecular complexity index is 446. The van der Waals surface area contributed by atoms with Crippen molar-refractivity contribution < 1.29 is 9.59 Å². The Morgan fingerprint density at radius 3 is 2.53 bits per heavy atom. The molecule has 4 nitrogen and oxygen atoms in total. The maximum atomic E-state index is 11.8. The average molecular weight is 317 g/mol. The van der Waals surface area contributed by atoms with Crippen LogP contribution < -0.4 is 0 Å². The number of thiophene rings is 1. The Kier molecular flexibility index (Phi) is 3.83. The Hall–Kier alpha value is -0.880. The quantitative estimate of drug-likeness (QED) is 0.796. The van der Waals surface area contributed by atoms with E-state index in [0.717, 1.165) is 9.35 Å². The van der Waals surface area contributed by atoms with Gasteiger partial charge < -0.3 is 9.80 Å². The van der Waals surface area contributed by atoms with E-state index in [1.807, 2.05) is 18.4 Å². The van der Waals surface area contributed by atoms with Gasteiger partial charge in [0.15, 0.2) is 0 Å². The van der Waals surface area contributed by atoms with Crippen LogP contribution in [0.5, 0.6) is 0 Å². The number of hydrogen-bond acceptors (Lipinski definition) is 3. The van der Waals surface area contributed by atoms with Crippen molar-refractivity contribution in [2.24, 2.45) is 0 Å². The molecule has 2 rings (SSSR count). The normalized spacial score (nSPS) is 16.8. The summed E-state index contributed by atoms with van der Waals surface area (Å²) in [5.74, 6) is -0.767. The van der Waals surface area contributed by atoms with Gasteiger partial charge in [-0.2, -0.15) is 0 Å². The molecule has 0 saturated carbocycles. The molecule has 1 aliphatic heterocycles. The summed E-state index contributed by atoms with van der Waals surface area (Å²) in [5, 5.41) is 1.98. The number of halogens is 1. The van der Waals surface area contributed by atoms with Crippen molar-refractivity contribution in [2.75, 3.05) is 19.6 Å². The summed E-state index contributed by atoms with van der Waals surface area (Å²) in [5.41, 5.74) is 0. The lowest BCUT2D eigenvalue weighted by Crippen LogP contribution is -2.53. The van der Waals surface area contributed by atoms with Crippen LogP contribution in [0.1, 0.15) is 11.8 Å². The smallest absolute Gasteiger partial charge is 0.312 e. The third kappa shape index (κ3) is 2.69. The monoisotopic (exact) mass is 316 g/mol. The molecule has 1 aliphatic rings. The van der Waals surface area contributed by atoms with Crippen LogP contribution >= 0.6 is 27.3 Å². The van der Waals surface area contributed by atoms with E-state index >= 15 is 0 Å². The Morgan fingerprint density at radius 2 is 1.94 bits per heavy atom. The van der Waals surface area contributed by atoms with Crippen molar-refractivity contribution >= 4 is 39.1 Å². The molecule has 0 N–H and O–H groups in total. The molecule has 1 fully saturated rings. The zero-order chi connectivity index (χ0) is 12.4. The molecule has 2 amide bonds. The zero-order valence-corrected chi connectivity index (χ0v) is 11.9. The highest BCUT2D eigenvalue weighted by Gasteiger charge is 2.31. The van der Waals surface area contributed by atoms with Gasteiger partial charge in [-0.15, -0.1) is 11.3 Å². The SMILES string of the molecule is CCN1CCN(Cc2cc(Br)cs2)C(=O)C1=O.